The van der Waals surface area contributed by atoms with Crippen LogP contribution in [0.3, 0.4) is 0 Å². The van der Waals surface area contributed by atoms with Crippen molar-refractivity contribution in [2.24, 2.45) is 0 Å². The van der Waals surface area contributed by atoms with Crippen LogP contribution in [-0.2, 0) is 9.47 Å². The molecule has 2 aromatic carbocycles. The highest BCUT2D eigenvalue weighted by atomic mass is 35.5. The molecule has 2 aliphatic heterocycles. The molecule has 1 aromatic heterocycles. The molecule has 0 radical (unpaired) electrons. The molecule has 2 amide bonds. The molecule has 38 heavy (non-hydrogen) atoms. The Labute approximate surface area is 228 Å². The van der Waals surface area contributed by atoms with Gasteiger partial charge in [-0.05, 0) is 43.7 Å². The first-order valence-electron chi connectivity index (χ1n) is 13.2. The van der Waals surface area contributed by atoms with Crippen LogP contribution >= 0.6 is 11.6 Å². The van der Waals surface area contributed by atoms with Crippen LogP contribution < -0.4 is 4.90 Å². The predicted octanol–water partition coefficient (Wildman–Crippen LogP) is 5.08. The van der Waals surface area contributed by atoms with Crippen LogP contribution in [0.4, 0.5) is 10.5 Å². The average molecular weight is 537 g/mol. The maximum Gasteiger partial charge on any atom is 0.410 e. The van der Waals surface area contributed by atoms with Crippen LogP contribution in [0.2, 0.25) is 5.02 Å². The van der Waals surface area contributed by atoms with Gasteiger partial charge in [0, 0.05) is 61.0 Å². The summed E-state index contributed by atoms with van der Waals surface area (Å²) in [5.74, 6) is -0.0852. The van der Waals surface area contributed by atoms with Crippen LogP contribution in [0, 0.1) is 0 Å². The summed E-state index contributed by atoms with van der Waals surface area (Å²) in [4.78, 5) is 36.4. The van der Waals surface area contributed by atoms with Crippen molar-refractivity contribution in [3.05, 3.63) is 59.1 Å². The smallest absolute Gasteiger partial charge is 0.410 e. The minimum Gasteiger partial charge on any atom is -0.449 e. The Bertz CT molecular complexity index is 1330. The second-order valence-corrected chi connectivity index (χ2v) is 10.2. The van der Waals surface area contributed by atoms with Gasteiger partial charge in [0.25, 0.3) is 5.91 Å². The largest absolute Gasteiger partial charge is 0.449 e. The second-order valence-electron chi connectivity index (χ2n) is 9.78. The number of hydrogen-bond donors (Lipinski definition) is 0. The number of amides is 2. The van der Waals surface area contributed by atoms with E-state index in [9.17, 15) is 9.59 Å². The molecule has 2 aliphatic rings. The summed E-state index contributed by atoms with van der Waals surface area (Å²) in [5.41, 5.74) is 4.07. The third kappa shape index (κ3) is 5.56. The maximum absolute atomic E-state index is 13.4. The Hall–Kier alpha value is -3.36. The zero-order chi connectivity index (χ0) is 26.6. The van der Waals surface area contributed by atoms with Crippen LogP contribution in [0.5, 0.6) is 0 Å². The molecule has 0 aliphatic carbocycles. The quantitative estimate of drug-likeness (QED) is 0.452. The number of hydrogen-bond acceptors (Lipinski definition) is 6. The van der Waals surface area contributed by atoms with E-state index in [-0.39, 0.29) is 18.0 Å². The van der Waals surface area contributed by atoms with E-state index in [1.807, 2.05) is 44.2 Å². The van der Waals surface area contributed by atoms with Crippen molar-refractivity contribution in [1.29, 1.82) is 0 Å². The summed E-state index contributed by atoms with van der Waals surface area (Å²) < 4.78 is 10.8. The molecule has 5 rings (SSSR count). The molecule has 0 spiro atoms. The summed E-state index contributed by atoms with van der Waals surface area (Å²) in [6.45, 7) is 8.78. The summed E-state index contributed by atoms with van der Waals surface area (Å²) >= 11 is 6.67. The van der Waals surface area contributed by atoms with E-state index in [0.717, 1.165) is 55.1 Å². The Morgan fingerprint density at radius 3 is 2.66 bits per heavy atom. The van der Waals surface area contributed by atoms with E-state index >= 15 is 0 Å². The van der Waals surface area contributed by atoms with Gasteiger partial charge in [0.15, 0.2) is 0 Å². The Morgan fingerprint density at radius 2 is 1.89 bits per heavy atom. The number of nitrogens with zero attached hydrogens (tertiary/aromatic N) is 4. The fourth-order valence-corrected chi connectivity index (χ4v) is 5.28. The van der Waals surface area contributed by atoms with Crippen LogP contribution in [0.25, 0.3) is 22.2 Å². The van der Waals surface area contributed by atoms with Gasteiger partial charge in [0.05, 0.1) is 36.1 Å². The van der Waals surface area contributed by atoms with Crippen LogP contribution in [0.1, 0.15) is 30.6 Å². The summed E-state index contributed by atoms with van der Waals surface area (Å²) in [6, 6.07) is 15.5. The number of anilines is 1. The molecule has 0 bridgehead atoms. The summed E-state index contributed by atoms with van der Waals surface area (Å²) in [5, 5.41) is 1.39. The number of rotatable bonds is 5. The first kappa shape index (κ1) is 26.3. The van der Waals surface area contributed by atoms with E-state index in [1.54, 1.807) is 15.9 Å². The number of aromatic nitrogens is 1. The minimum absolute atomic E-state index is 0.0852. The molecule has 3 heterocycles. The maximum atomic E-state index is 13.4. The van der Waals surface area contributed by atoms with Gasteiger partial charge in [-0.15, -0.1) is 0 Å². The highest BCUT2D eigenvalue weighted by molar-refractivity contribution is 6.35. The summed E-state index contributed by atoms with van der Waals surface area (Å²) in [7, 11) is 0. The fourth-order valence-electron chi connectivity index (χ4n) is 5.02. The van der Waals surface area contributed by atoms with Crippen molar-refractivity contribution in [2.45, 2.75) is 26.3 Å². The average Bonchev–Trinajstić information content (AvgIpc) is 2.95. The monoisotopic (exact) mass is 536 g/mol. The molecule has 8 nitrogen and oxygen atoms in total. The SMILES string of the molecule is CCCOC(=O)N1CCN(C(=O)c2ccc3c(Cl)cc(-c4cccc(N5CCOCC5)c4)nc3c2)C[C@H]1C. The third-order valence-electron chi connectivity index (χ3n) is 7.10. The van der Waals surface area contributed by atoms with Crippen molar-refractivity contribution in [3.8, 4) is 11.3 Å². The third-order valence-corrected chi connectivity index (χ3v) is 7.42. The lowest BCUT2D eigenvalue weighted by Gasteiger charge is -2.39. The van der Waals surface area contributed by atoms with E-state index in [1.165, 1.54) is 0 Å². The first-order valence-corrected chi connectivity index (χ1v) is 13.6. The van der Waals surface area contributed by atoms with Crippen molar-refractivity contribution in [2.75, 3.05) is 57.4 Å². The number of piperazine rings is 1. The minimum atomic E-state index is -0.318. The number of carbonyl (C=O) groups excluding carboxylic acids is 2. The molecule has 1 atom stereocenters. The second kappa shape index (κ2) is 11.6. The highest BCUT2D eigenvalue weighted by Crippen LogP contribution is 2.31. The molecule has 9 heteroatoms. The number of fused-ring (bicyclic) bond motifs is 1. The van der Waals surface area contributed by atoms with Gasteiger partial charge in [-0.25, -0.2) is 9.78 Å². The Kier molecular flexibility index (Phi) is 8.00. The van der Waals surface area contributed by atoms with Crippen LogP contribution in [-0.4, -0.2) is 85.4 Å². The van der Waals surface area contributed by atoms with Gasteiger partial charge < -0.3 is 24.2 Å². The standard InChI is InChI=1S/C29H33ClN4O4/c1-3-13-38-29(36)34-10-9-33(19-20(34)2)28(35)22-7-8-24-25(30)18-26(31-27(24)17-22)21-5-4-6-23(16-21)32-11-14-37-15-12-32/h4-8,16-18,20H,3,9-15,19H2,1-2H3/t20-/m1/s1. The number of ether oxygens (including phenoxy) is 2. The van der Waals surface area contributed by atoms with Gasteiger partial charge in [0.1, 0.15) is 0 Å². The number of morpholine rings is 1. The normalized spacial score (nSPS) is 18.1. The number of halogens is 1. The van der Waals surface area contributed by atoms with Crippen molar-refractivity contribution in [1.82, 2.24) is 14.8 Å². The van der Waals surface area contributed by atoms with E-state index in [2.05, 4.69) is 17.0 Å². The molecule has 3 aromatic rings. The van der Waals surface area contributed by atoms with Crippen molar-refractivity contribution >= 4 is 40.2 Å². The van der Waals surface area contributed by atoms with Crippen LogP contribution in [0.15, 0.2) is 48.5 Å². The lowest BCUT2D eigenvalue weighted by Crippen LogP contribution is -2.55. The highest BCUT2D eigenvalue weighted by Gasteiger charge is 2.31. The molecule has 200 valence electrons. The summed E-state index contributed by atoms with van der Waals surface area (Å²) in [6.07, 6.45) is 0.459. The predicted molar refractivity (Wildman–Crippen MR) is 149 cm³/mol. The topological polar surface area (TPSA) is 75.2 Å². The molecule has 0 unspecified atom stereocenters. The Balaban J connectivity index is 1.36. The molecular weight excluding hydrogens is 504 g/mol. The van der Waals surface area contributed by atoms with E-state index in [4.69, 9.17) is 26.1 Å². The molecular formula is C29H33ClN4O4. The van der Waals surface area contributed by atoms with E-state index in [0.29, 0.717) is 42.3 Å². The fraction of sp³-hybridized carbons (Fsp3) is 0.414. The molecule has 2 saturated heterocycles. The lowest BCUT2D eigenvalue weighted by atomic mass is 10.1. The molecule has 0 saturated carbocycles. The lowest BCUT2D eigenvalue weighted by molar-refractivity contribution is 0.0412. The number of pyridine rings is 1. The molecule has 2 fully saturated rings. The van der Waals surface area contributed by atoms with Gasteiger partial charge in [-0.3, -0.25) is 4.79 Å². The van der Waals surface area contributed by atoms with E-state index < -0.39 is 0 Å². The molecule has 0 N–H and O–H groups in total. The number of carbonyl (C=O) groups is 2. The van der Waals surface area contributed by atoms with Crippen molar-refractivity contribution < 1.29 is 19.1 Å². The van der Waals surface area contributed by atoms with Gasteiger partial charge in [0.2, 0.25) is 0 Å². The zero-order valence-corrected chi connectivity index (χ0v) is 22.6. The van der Waals surface area contributed by atoms with Gasteiger partial charge >= 0.3 is 6.09 Å². The Morgan fingerprint density at radius 1 is 1.08 bits per heavy atom. The van der Waals surface area contributed by atoms with Gasteiger partial charge in [-0.1, -0.05) is 36.7 Å². The first-order chi connectivity index (χ1) is 18.4. The van der Waals surface area contributed by atoms with Gasteiger partial charge in [-0.2, -0.15) is 0 Å². The number of benzene rings is 2. The zero-order valence-electron chi connectivity index (χ0n) is 21.9. The van der Waals surface area contributed by atoms with Crippen molar-refractivity contribution in [3.63, 3.8) is 0 Å².